The topological polar surface area (TPSA) is 35.0 Å². The molecule has 0 unspecified atom stereocenters. The molecule has 1 aromatic rings. The number of alkyl halides is 1. The SMILES string of the molecule is Cc1cc(OCCF)ncn1. The monoisotopic (exact) mass is 156 g/mol. The van der Waals surface area contributed by atoms with E-state index >= 15 is 0 Å². The Morgan fingerprint density at radius 3 is 3.00 bits per heavy atom. The van der Waals surface area contributed by atoms with Gasteiger partial charge in [0.15, 0.2) is 0 Å². The normalized spacial score (nSPS) is 9.64. The molecule has 3 nitrogen and oxygen atoms in total. The molecule has 0 saturated heterocycles. The maximum Gasteiger partial charge on any atom is 0.216 e. The molecule has 0 radical (unpaired) electrons. The quantitative estimate of drug-likeness (QED) is 0.658. The largest absolute Gasteiger partial charge is 0.475 e. The molecule has 60 valence electrons. The summed E-state index contributed by atoms with van der Waals surface area (Å²) in [5.74, 6) is 0.426. The predicted octanol–water partition coefficient (Wildman–Crippen LogP) is 1.13. The second kappa shape index (κ2) is 3.85. The van der Waals surface area contributed by atoms with E-state index in [0.29, 0.717) is 5.88 Å². The first kappa shape index (κ1) is 7.91. The van der Waals surface area contributed by atoms with Gasteiger partial charge < -0.3 is 4.74 Å². The minimum Gasteiger partial charge on any atom is -0.475 e. The van der Waals surface area contributed by atoms with Crippen molar-refractivity contribution in [3.63, 3.8) is 0 Å². The second-order valence-electron chi connectivity index (χ2n) is 2.04. The molecule has 4 heteroatoms. The number of aryl methyl sites for hydroxylation is 1. The van der Waals surface area contributed by atoms with Crippen molar-refractivity contribution in [2.24, 2.45) is 0 Å². The molecule has 0 spiro atoms. The second-order valence-corrected chi connectivity index (χ2v) is 2.04. The van der Waals surface area contributed by atoms with Crippen LogP contribution in [-0.4, -0.2) is 23.2 Å². The molecule has 0 bridgehead atoms. The highest BCUT2D eigenvalue weighted by Crippen LogP contribution is 2.04. The molecule has 1 rings (SSSR count). The Hall–Kier alpha value is -1.19. The van der Waals surface area contributed by atoms with Crippen LogP contribution in [0.3, 0.4) is 0 Å². The highest BCUT2D eigenvalue weighted by atomic mass is 19.1. The molecule has 0 aromatic carbocycles. The zero-order valence-corrected chi connectivity index (χ0v) is 6.25. The fourth-order valence-electron chi connectivity index (χ4n) is 0.652. The van der Waals surface area contributed by atoms with Crippen molar-refractivity contribution in [2.45, 2.75) is 6.92 Å². The Morgan fingerprint density at radius 1 is 1.55 bits per heavy atom. The van der Waals surface area contributed by atoms with Crippen molar-refractivity contribution in [3.8, 4) is 5.88 Å². The number of hydrogen-bond acceptors (Lipinski definition) is 3. The van der Waals surface area contributed by atoms with E-state index in [1.807, 2.05) is 6.92 Å². The molecule has 0 saturated carbocycles. The van der Waals surface area contributed by atoms with Gasteiger partial charge in [0, 0.05) is 11.8 Å². The van der Waals surface area contributed by atoms with Crippen LogP contribution in [0.5, 0.6) is 5.88 Å². The Bertz CT molecular complexity index is 229. The van der Waals surface area contributed by atoms with E-state index in [0.717, 1.165) is 5.69 Å². The van der Waals surface area contributed by atoms with Gasteiger partial charge in [0.1, 0.15) is 19.6 Å². The van der Waals surface area contributed by atoms with Gasteiger partial charge in [-0.25, -0.2) is 14.4 Å². The first-order chi connectivity index (χ1) is 5.33. The maximum atomic E-state index is 11.6. The fourth-order valence-corrected chi connectivity index (χ4v) is 0.652. The van der Waals surface area contributed by atoms with Crippen LogP contribution < -0.4 is 4.74 Å². The summed E-state index contributed by atoms with van der Waals surface area (Å²) in [6.45, 7) is 1.38. The van der Waals surface area contributed by atoms with Crippen LogP contribution in [0.4, 0.5) is 4.39 Å². The predicted molar refractivity (Wildman–Crippen MR) is 38.2 cm³/mol. The van der Waals surface area contributed by atoms with E-state index in [1.165, 1.54) is 6.33 Å². The van der Waals surface area contributed by atoms with E-state index in [-0.39, 0.29) is 6.61 Å². The van der Waals surface area contributed by atoms with Crippen molar-refractivity contribution in [2.75, 3.05) is 13.3 Å². The maximum absolute atomic E-state index is 11.6. The zero-order valence-electron chi connectivity index (χ0n) is 6.25. The average Bonchev–Trinajstić information content (AvgIpc) is 2.01. The minimum atomic E-state index is -0.497. The molecule has 0 aliphatic rings. The third-order valence-electron chi connectivity index (χ3n) is 1.11. The summed E-state index contributed by atoms with van der Waals surface area (Å²) in [5.41, 5.74) is 0.814. The number of halogens is 1. The molecule has 0 atom stereocenters. The number of aromatic nitrogens is 2. The van der Waals surface area contributed by atoms with Gasteiger partial charge in [0.2, 0.25) is 5.88 Å². The van der Waals surface area contributed by atoms with Crippen molar-refractivity contribution >= 4 is 0 Å². The zero-order chi connectivity index (χ0) is 8.10. The summed E-state index contributed by atoms with van der Waals surface area (Å²) < 4.78 is 16.5. The third-order valence-corrected chi connectivity index (χ3v) is 1.11. The molecule has 0 aliphatic carbocycles. The van der Waals surface area contributed by atoms with Gasteiger partial charge in [-0.3, -0.25) is 0 Å². The van der Waals surface area contributed by atoms with Gasteiger partial charge in [-0.05, 0) is 6.92 Å². The van der Waals surface area contributed by atoms with Crippen LogP contribution >= 0.6 is 0 Å². The Morgan fingerprint density at radius 2 is 2.36 bits per heavy atom. The lowest BCUT2D eigenvalue weighted by Gasteiger charge is -2.00. The van der Waals surface area contributed by atoms with E-state index in [2.05, 4.69) is 9.97 Å². The Balaban J connectivity index is 2.56. The lowest BCUT2D eigenvalue weighted by atomic mass is 10.4. The summed E-state index contributed by atoms with van der Waals surface area (Å²) >= 11 is 0. The van der Waals surface area contributed by atoms with Crippen molar-refractivity contribution in [3.05, 3.63) is 18.1 Å². The van der Waals surface area contributed by atoms with E-state index in [1.54, 1.807) is 6.07 Å². The van der Waals surface area contributed by atoms with Crippen molar-refractivity contribution < 1.29 is 9.13 Å². The smallest absolute Gasteiger partial charge is 0.216 e. The summed E-state index contributed by atoms with van der Waals surface area (Å²) in [7, 11) is 0. The summed E-state index contributed by atoms with van der Waals surface area (Å²) in [5, 5.41) is 0. The lowest BCUT2D eigenvalue weighted by Crippen LogP contribution is -2.00. The van der Waals surface area contributed by atoms with Crippen LogP contribution in [0.2, 0.25) is 0 Å². The summed E-state index contributed by atoms with van der Waals surface area (Å²) in [4.78, 5) is 7.64. The first-order valence-electron chi connectivity index (χ1n) is 3.30. The molecule has 0 N–H and O–H groups in total. The van der Waals surface area contributed by atoms with Crippen LogP contribution in [0.1, 0.15) is 5.69 Å². The number of hydrogen-bond donors (Lipinski definition) is 0. The molecule has 0 amide bonds. The van der Waals surface area contributed by atoms with E-state index < -0.39 is 6.67 Å². The lowest BCUT2D eigenvalue weighted by molar-refractivity contribution is 0.264. The minimum absolute atomic E-state index is 0.0520. The highest BCUT2D eigenvalue weighted by molar-refractivity contribution is 5.11. The van der Waals surface area contributed by atoms with Gasteiger partial charge in [-0.1, -0.05) is 0 Å². The Labute approximate surface area is 64.2 Å². The van der Waals surface area contributed by atoms with Crippen molar-refractivity contribution in [1.29, 1.82) is 0 Å². The number of nitrogens with zero attached hydrogens (tertiary/aromatic N) is 2. The van der Waals surface area contributed by atoms with E-state index in [4.69, 9.17) is 4.74 Å². The molecule has 0 fully saturated rings. The summed E-state index contributed by atoms with van der Waals surface area (Å²) in [6.07, 6.45) is 1.39. The molecular formula is C7H9FN2O. The first-order valence-corrected chi connectivity index (χ1v) is 3.30. The average molecular weight is 156 g/mol. The van der Waals surface area contributed by atoms with Gasteiger partial charge in [-0.2, -0.15) is 0 Å². The van der Waals surface area contributed by atoms with Crippen LogP contribution in [-0.2, 0) is 0 Å². The molecule has 1 aromatic heterocycles. The molecule has 11 heavy (non-hydrogen) atoms. The van der Waals surface area contributed by atoms with Crippen LogP contribution in [0.25, 0.3) is 0 Å². The fraction of sp³-hybridized carbons (Fsp3) is 0.429. The van der Waals surface area contributed by atoms with Gasteiger partial charge in [0.05, 0.1) is 0 Å². The van der Waals surface area contributed by atoms with Crippen LogP contribution in [0, 0.1) is 6.92 Å². The van der Waals surface area contributed by atoms with Gasteiger partial charge in [0.25, 0.3) is 0 Å². The highest BCUT2D eigenvalue weighted by Gasteiger charge is 1.94. The molecule has 0 aliphatic heterocycles. The molecular weight excluding hydrogens is 147 g/mol. The number of rotatable bonds is 3. The van der Waals surface area contributed by atoms with Crippen molar-refractivity contribution in [1.82, 2.24) is 9.97 Å². The Kier molecular flexibility index (Phi) is 2.77. The standard InChI is InChI=1S/C7H9FN2O/c1-6-4-7(10-5-9-6)11-3-2-8/h4-5H,2-3H2,1H3. The van der Waals surface area contributed by atoms with Gasteiger partial charge in [-0.15, -0.1) is 0 Å². The summed E-state index contributed by atoms with van der Waals surface area (Å²) in [6, 6.07) is 1.66. The third kappa shape index (κ3) is 2.49. The van der Waals surface area contributed by atoms with Gasteiger partial charge >= 0.3 is 0 Å². The molecule has 1 heterocycles. The van der Waals surface area contributed by atoms with Crippen LogP contribution in [0.15, 0.2) is 12.4 Å². The van der Waals surface area contributed by atoms with E-state index in [9.17, 15) is 4.39 Å². The number of ether oxygens (including phenoxy) is 1.